The molecule has 0 radical (unpaired) electrons. The fourth-order valence-electron chi connectivity index (χ4n) is 3.26. The van der Waals surface area contributed by atoms with E-state index in [1.54, 1.807) is 18.2 Å². The second kappa shape index (κ2) is 7.53. The number of ether oxygens (including phenoxy) is 1. The Bertz CT molecular complexity index is 1010. The number of benzene rings is 3. The molecule has 5 heteroatoms. The zero-order chi connectivity index (χ0) is 18.8. The molecule has 0 aliphatic carbocycles. The van der Waals surface area contributed by atoms with Crippen molar-refractivity contribution in [1.82, 2.24) is 4.90 Å². The van der Waals surface area contributed by atoms with Crippen LogP contribution in [0.25, 0.3) is 10.8 Å². The molecule has 3 aromatic carbocycles. The van der Waals surface area contributed by atoms with E-state index < -0.39 is 5.97 Å². The van der Waals surface area contributed by atoms with Gasteiger partial charge in [-0.3, -0.25) is 4.79 Å². The third kappa shape index (κ3) is 4.03. The molecule has 1 amide bonds. The molecule has 136 valence electrons. The Labute approximate surface area is 165 Å². The predicted molar refractivity (Wildman–Crippen MR) is 108 cm³/mol. The lowest BCUT2D eigenvalue weighted by Gasteiger charge is -2.15. The minimum atomic E-state index is -0.393. The molecule has 0 bridgehead atoms. The summed E-state index contributed by atoms with van der Waals surface area (Å²) in [5.74, 6) is 0.318. The quantitative estimate of drug-likeness (QED) is 0.440. The number of carbonyl (C=O) groups excluding carboxylic acids is 2. The summed E-state index contributed by atoms with van der Waals surface area (Å²) < 4.78 is 6.52. The summed E-state index contributed by atoms with van der Waals surface area (Å²) in [5.41, 5.74) is 1.50. The lowest BCUT2D eigenvalue weighted by atomic mass is 10.1. The number of halogens is 1. The number of hydrogen-bond acceptors (Lipinski definition) is 3. The highest BCUT2D eigenvalue weighted by Crippen LogP contribution is 2.25. The van der Waals surface area contributed by atoms with E-state index in [0.717, 1.165) is 33.8 Å². The van der Waals surface area contributed by atoms with Gasteiger partial charge in [0.15, 0.2) is 0 Å². The monoisotopic (exact) mass is 423 g/mol. The van der Waals surface area contributed by atoms with Crippen LogP contribution < -0.4 is 4.74 Å². The standard InChI is InChI=1S/C22H18BrNO3/c23-19-9-7-18-13-20(10-8-17(18)12-19)27-22(26)16-5-3-15(4-6-16)14-24-11-1-2-21(24)25/h3-10,12-13H,1-2,11,14H2. The molecule has 0 N–H and O–H groups in total. The van der Waals surface area contributed by atoms with Crippen LogP contribution in [0.5, 0.6) is 5.75 Å². The number of likely N-dealkylation sites (tertiary alicyclic amines) is 1. The molecular formula is C22H18BrNO3. The number of amides is 1. The molecule has 0 saturated carbocycles. The fraction of sp³-hybridized carbons (Fsp3) is 0.182. The molecular weight excluding hydrogens is 406 g/mol. The summed E-state index contributed by atoms with van der Waals surface area (Å²) in [5, 5.41) is 2.08. The molecule has 4 rings (SSSR count). The Kier molecular flexibility index (Phi) is 4.94. The van der Waals surface area contributed by atoms with E-state index in [0.29, 0.717) is 24.3 Å². The third-order valence-corrected chi connectivity index (χ3v) is 5.21. The zero-order valence-corrected chi connectivity index (χ0v) is 16.2. The van der Waals surface area contributed by atoms with Crippen molar-refractivity contribution in [2.24, 2.45) is 0 Å². The number of nitrogens with zero attached hydrogens (tertiary/aromatic N) is 1. The summed E-state index contributed by atoms with van der Waals surface area (Å²) in [6, 6.07) is 18.8. The Balaban J connectivity index is 1.45. The normalized spacial score (nSPS) is 14.0. The van der Waals surface area contributed by atoms with Gasteiger partial charge in [-0.1, -0.05) is 40.2 Å². The number of hydrogen-bond donors (Lipinski definition) is 0. The Morgan fingerprint density at radius 3 is 2.48 bits per heavy atom. The molecule has 0 spiro atoms. The van der Waals surface area contributed by atoms with Crippen molar-refractivity contribution in [3.05, 3.63) is 76.3 Å². The first-order valence-corrected chi connectivity index (χ1v) is 9.66. The molecule has 1 fully saturated rings. The summed E-state index contributed by atoms with van der Waals surface area (Å²) in [7, 11) is 0. The van der Waals surface area contributed by atoms with Gasteiger partial charge in [0.1, 0.15) is 5.75 Å². The molecule has 4 nitrogen and oxygen atoms in total. The largest absolute Gasteiger partial charge is 0.423 e. The maximum Gasteiger partial charge on any atom is 0.343 e. The Morgan fingerprint density at radius 2 is 1.74 bits per heavy atom. The van der Waals surface area contributed by atoms with E-state index in [9.17, 15) is 9.59 Å². The smallest absolute Gasteiger partial charge is 0.343 e. The van der Waals surface area contributed by atoms with Gasteiger partial charge in [0.05, 0.1) is 5.56 Å². The van der Waals surface area contributed by atoms with Crippen LogP contribution in [0.2, 0.25) is 0 Å². The second-order valence-corrected chi connectivity index (χ2v) is 7.57. The van der Waals surface area contributed by atoms with Crippen molar-refractivity contribution in [3.63, 3.8) is 0 Å². The van der Waals surface area contributed by atoms with Crippen molar-refractivity contribution < 1.29 is 14.3 Å². The Morgan fingerprint density at radius 1 is 1.00 bits per heavy atom. The van der Waals surface area contributed by atoms with Gasteiger partial charge in [-0.05, 0) is 59.2 Å². The van der Waals surface area contributed by atoms with E-state index >= 15 is 0 Å². The van der Waals surface area contributed by atoms with Gasteiger partial charge >= 0.3 is 5.97 Å². The average Bonchev–Trinajstić information content (AvgIpc) is 3.07. The molecule has 3 aromatic rings. The maximum absolute atomic E-state index is 12.4. The highest BCUT2D eigenvalue weighted by atomic mass is 79.9. The maximum atomic E-state index is 12.4. The number of carbonyl (C=O) groups is 2. The summed E-state index contributed by atoms with van der Waals surface area (Å²) in [6.07, 6.45) is 1.55. The number of fused-ring (bicyclic) bond motifs is 1. The molecule has 27 heavy (non-hydrogen) atoms. The van der Waals surface area contributed by atoms with Crippen LogP contribution in [-0.2, 0) is 11.3 Å². The average molecular weight is 424 g/mol. The lowest BCUT2D eigenvalue weighted by Crippen LogP contribution is -2.23. The minimum absolute atomic E-state index is 0.196. The molecule has 0 atom stereocenters. The van der Waals surface area contributed by atoms with E-state index in [2.05, 4.69) is 15.9 Å². The SMILES string of the molecule is O=C(Oc1ccc2cc(Br)ccc2c1)c1ccc(CN2CCCC2=O)cc1. The fourth-order valence-corrected chi connectivity index (χ4v) is 3.64. The molecule has 1 saturated heterocycles. The van der Waals surface area contributed by atoms with Crippen LogP contribution >= 0.6 is 15.9 Å². The summed E-state index contributed by atoms with van der Waals surface area (Å²) in [6.45, 7) is 1.40. The van der Waals surface area contributed by atoms with Crippen LogP contribution in [0.1, 0.15) is 28.8 Å². The van der Waals surface area contributed by atoms with Crippen molar-refractivity contribution in [1.29, 1.82) is 0 Å². The van der Waals surface area contributed by atoms with Gasteiger partial charge in [-0.2, -0.15) is 0 Å². The van der Waals surface area contributed by atoms with Gasteiger partial charge in [0.2, 0.25) is 5.91 Å². The van der Waals surface area contributed by atoms with E-state index in [1.165, 1.54) is 0 Å². The second-order valence-electron chi connectivity index (χ2n) is 6.66. The van der Waals surface area contributed by atoms with Crippen LogP contribution in [-0.4, -0.2) is 23.3 Å². The van der Waals surface area contributed by atoms with Crippen LogP contribution in [0, 0.1) is 0 Å². The van der Waals surface area contributed by atoms with Crippen LogP contribution in [0.15, 0.2) is 65.1 Å². The topological polar surface area (TPSA) is 46.6 Å². The molecule has 1 heterocycles. The van der Waals surface area contributed by atoms with Gasteiger partial charge in [0, 0.05) is 24.0 Å². The molecule has 1 aliphatic heterocycles. The summed E-state index contributed by atoms with van der Waals surface area (Å²) in [4.78, 5) is 26.0. The first kappa shape index (κ1) is 17.7. The number of esters is 1. The Hall–Kier alpha value is -2.66. The van der Waals surface area contributed by atoms with Crippen molar-refractivity contribution in [2.45, 2.75) is 19.4 Å². The molecule has 0 unspecified atom stereocenters. The first-order chi connectivity index (χ1) is 13.1. The van der Waals surface area contributed by atoms with E-state index in [1.807, 2.05) is 47.4 Å². The third-order valence-electron chi connectivity index (χ3n) is 4.72. The number of rotatable bonds is 4. The molecule has 0 aromatic heterocycles. The highest BCUT2D eigenvalue weighted by Gasteiger charge is 2.20. The minimum Gasteiger partial charge on any atom is -0.423 e. The summed E-state index contributed by atoms with van der Waals surface area (Å²) >= 11 is 3.45. The highest BCUT2D eigenvalue weighted by molar-refractivity contribution is 9.10. The van der Waals surface area contributed by atoms with Crippen LogP contribution in [0.4, 0.5) is 0 Å². The van der Waals surface area contributed by atoms with Crippen LogP contribution in [0.3, 0.4) is 0 Å². The van der Waals surface area contributed by atoms with Crippen molar-refractivity contribution in [2.75, 3.05) is 6.54 Å². The van der Waals surface area contributed by atoms with Gasteiger partial charge in [0.25, 0.3) is 0 Å². The first-order valence-electron chi connectivity index (χ1n) is 8.87. The van der Waals surface area contributed by atoms with E-state index in [4.69, 9.17) is 4.74 Å². The van der Waals surface area contributed by atoms with Gasteiger partial charge < -0.3 is 9.64 Å². The van der Waals surface area contributed by atoms with Gasteiger partial charge in [-0.25, -0.2) is 4.79 Å². The van der Waals surface area contributed by atoms with Crippen molar-refractivity contribution >= 4 is 38.6 Å². The molecule has 1 aliphatic rings. The zero-order valence-electron chi connectivity index (χ0n) is 14.7. The van der Waals surface area contributed by atoms with Crippen molar-refractivity contribution in [3.8, 4) is 5.75 Å². The predicted octanol–water partition coefficient (Wildman–Crippen LogP) is 4.94. The lowest BCUT2D eigenvalue weighted by molar-refractivity contribution is -0.128. The van der Waals surface area contributed by atoms with E-state index in [-0.39, 0.29) is 5.91 Å². The van der Waals surface area contributed by atoms with Gasteiger partial charge in [-0.15, -0.1) is 0 Å².